The zero-order valence-electron chi connectivity index (χ0n) is 17.3. The molecule has 0 spiro atoms. The molecule has 0 bridgehead atoms. The van der Waals surface area contributed by atoms with Gasteiger partial charge in [-0.05, 0) is 62.2 Å². The van der Waals surface area contributed by atoms with Crippen molar-refractivity contribution in [1.82, 2.24) is 14.5 Å². The standard InChI is InChI=1S/C23H21N5O3/c1-11-8-9-26-16(10-11)15-6-5-14-19(27-15)18(22(25)30)21(24)28(23(14)31)20-12(2)4-7-17(29)13(20)3/h4-10,29H,24H2,1-3H3,(H2,25,30). The molecular formula is C23H21N5O3. The molecule has 31 heavy (non-hydrogen) atoms. The van der Waals surface area contributed by atoms with Crippen molar-refractivity contribution < 1.29 is 9.90 Å². The van der Waals surface area contributed by atoms with Crippen LogP contribution in [0.2, 0.25) is 0 Å². The average Bonchev–Trinajstić information content (AvgIpc) is 2.72. The van der Waals surface area contributed by atoms with E-state index >= 15 is 0 Å². The number of primary amides is 1. The van der Waals surface area contributed by atoms with Crippen molar-refractivity contribution in [2.45, 2.75) is 20.8 Å². The van der Waals surface area contributed by atoms with Gasteiger partial charge in [0, 0.05) is 11.8 Å². The van der Waals surface area contributed by atoms with Gasteiger partial charge in [0.15, 0.2) is 0 Å². The number of rotatable bonds is 3. The third kappa shape index (κ3) is 3.18. The maximum Gasteiger partial charge on any atom is 0.266 e. The fourth-order valence-corrected chi connectivity index (χ4v) is 3.74. The van der Waals surface area contributed by atoms with E-state index in [1.807, 2.05) is 19.1 Å². The van der Waals surface area contributed by atoms with Crippen LogP contribution >= 0.6 is 0 Å². The molecule has 5 N–H and O–H groups in total. The lowest BCUT2D eigenvalue weighted by molar-refractivity contribution is 0.100. The number of aromatic hydroxyl groups is 1. The minimum Gasteiger partial charge on any atom is -0.508 e. The minimum absolute atomic E-state index is 0.00613. The van der Waals surface area contributed by atoms with Gasteiger partial charge in [0.05, 0.1) is 28.0 Å². The summed E-state index contributed by atoms with van der Waals surface area (Å²) in [4.78, 5) is 34.7. The van der Waals surface area contributed by atoms with Crippen molar-refractivity contribution >= 4 is 22.6 Å². The molecule has 0 radical (unpaired) electrons. The van der Waals surface area contributed by atoms with Crippen LogP contribution in [0.4, 0.5) is 5.82 Å². The fourth-order valence-electron chi connectivity index (χ4n) is 3.74. The van der Waals surface area contributed by atoms with Gasteiger partial charge in [0.1, 0.15) is 17.1 Å². The molecule has 0 aliphatic carbocycles. The van der Waals surface area contributed by atoms with E-state index in [-0.39, 0.29) is 28.0 Å². The number of amides is 1. The summed E-state index contributed by atoms with van der Waals surface area (Å²) in [6.45, 7) is 5.38. The normalized spacial score (nSPS) is 11.1. The second-order valence-electron chi connectivity index (χ2n) is 7.45. The Morgan fingerprint density at radius 1 is 1.06 bits per heavy atom. The van der Waals surface area contributed by atoms with E-state index in [0.717, 1.165) is 5.56 Å². The molecule has 4 aromatic rings. The number of nitrogens with two attached hydrogens (primary N) is 2. The monoisotopic (exact) mass is 415 g/mol. The first-order valence-corrected chi connectivity index (χ1v) is 9.58. The van der Waals surface area contributed by atoms with Crippen LogP contribution in [-0.2, 0) is 0 Å². The van der Waals surface area contributed by atoms with E-state index in [9.17, 15) is 14.7 Å². The first kappa shape index (κ1) is 20.1. The number of aromatic nitrogens is 3. The molecule has 0 aliphatic heterocycles. The average molecular weight is 415 g/mol. The Morgan fingerprint density at radius 3 is 2.48 bits per heavy atom. The Labute approximate surface area is 177 Å². The lowest BCUT2D eigenvalue weighted by atomic mass is 10.0. The summed E-state index contributed by atoms with van der Waals surface area (Å²) in [5, 5.41) is 10.4. The number of phenolic OH excluding ortho intramolecular Hbond substituents is 1. The van der Waals surface area contributed by atoms with Crippen molar-refractivity contribution in [2.24, 2.45) is 5.73 Å². The van der Waals surface area contributed by atoms with Gasteiger partial charge in [0.25, 0.3) is 11.5 Å². The van der Waals surface area contributed by atoms with Gasteiger partial charge in [-0.2, -0.15) is 0 Å². The number of hydrogen-bond donors (Lipinski definition) is 3. The third-order valence-corrected chi connectivity index (χ3v) is 5.31. The van der Waals surface area contributed by atoms with Gasteiger partial charge < -0.3 is 16.6 Å². The molecule has 0 saturated heterocycles. The van der Waals surface area contributed by atoms with Crippen LogP contribution in [0.25, 0.3) is 28.0 Å². The predicted octanol–water partition coefficient (Wildman–Crippen LogP) is 2.76. The van der Waals surface area contributed by atoms with E-state index in [0.29, 0.717) is 28.2 Å². The molecule has 8 heteroatoms. The molecule has 1 aromatic carbocycles. The Kier molecular flexibility index (Phi) is 4.69. The van der Waals surface area contributed by atoms with Crippen LogP contribution in [0.3, 0.4) is 0 Å². The zero-order chi connectivity index (χ0) is 22.4. The minimum atomic E-state index is -0.812. The number of carbonyl (C=O) groups excluding carboxylic acids is 1. The second-order valence-corrected chi connectivity index (χ2v) is 7.45. The van der Waals surface area contributed by atoms with Crippen molar-refractivity contribution in [3.8, 4) is 22.8 Å². The number of anilines is 1. The maximum absolute atomic E-state index is 13.4. The molecule has 3 heterocycles. The van der Waals surface area contributed by atoms with E-state index in [1.165, 1.54) is 10.6 Å². The molecular weight excluding hydrogens is 394 g/mol. The topological polar surface area (TPSA) is 137 Å². The first-order chi connectivity index (χ1) is 14.7. The van der Waals surface area contributed by atoms with E-state index in [4.69, 9.17) is 11.5 Å². The number of fused-ring (bicyclic) bond motifs is 1. The molecule has 0 fully saturated rings. The highest BCUT2D eigenvalue weighted by Crippen LogP contribution is 2.31. The number of aryl methyl sites for hydroxylation is 2. The predicted molar refractivity (Wildman–Crippen MR) is 119 cm³/mol. The Balaban J connectivity index is 2.12. The summed E-state index contributed by atoms with van der Waals surface area (Å²) in [5.41, 5.74) is 15.2. The van der Waals surface area contributed by atoms with E-state index < -0.39 is 11.5 Å². The quantitative estimate of drug-likeness (QED) is 0.470. The van der Waals surface area contributed by atoms with E-state index in [2.05, 4.69) is 9.97 Å². The smallest absolute Gasteiger partial charge is 0.266 e. The largest absolute Gasteiger partial charge is 0.508 e. The van der Waals surface area contributed by atoms with Gasteiger partial charge in [-0.3, -0.25) is 19.1 Å². The van der Waals surface area contributed by atoms with Crippen LogP contribution in [0.1, 0.15) is 27.0 Å². The van der Waals surface area contributed by atoms with Gasteiger partial charge in [-0.1, -0.05) is 6.07 Å². The highest BCUT2D eigenvalue weighted by Gasteiger charge is 2.23. The second kappa shape index (κ2) is 7.24. The van der Waals surface area contributed by atoms with Crippen LogP contribution < -0.4 is 17.0 Å². The maximum atomic E-state index is 13.4. The van der Waals surface area contributed by atoms with Gasteiger partial charge in [0.2, 0.25) is 0 Å². The summed E-state index contributed by atoms with van der Waals surface area (Å²) < 4.78 is 1.21. The molecule has 156 valence electrons. The number of nitrogens with zero attached hydrogens (tertiary/aromatic N) is 3. The van der Waals surface area contributed by atoms with Crippen LogP contribution in [-0.4, -0.2) is 25.5 Å². The van der Waals surface area contributed by atoms with Crippen molar-refractivity contribution in [2.75, 3.05) is 5.73 Å². The number of phenols is 1. The zero-order valence-corrected chi connectivity index (χ0v) is 17.3. The van der Waals surface area contributed by atoms with Crippen LogP contribution in [0.5, 0.6) is 5.75 Å². The Morgan fingerprint density at radius 2 is 1.81 bits per heavy atom. The SMILES string of the molecule is Cc1ccnc(-c2ccc3c(=O)n(-c4c(C)ccc(O)c4C)c(N)c(C(N)=O)c3n2)c1. The summed E-state index contributed by atoms with van der Waals surface area (Å²) >= 11 is 0. The lowest BCUT2D eigenvalue weighted by Gasteiger charge is -2.19. The number of benzene rings is 1. The van der Waals surface area contributed by atoms with Gasteiger partial charge >= 0.3 is 0 Å². The molecule has 0 atom stereocenters. The molecule has 8 nitrogen and oxygen atoms in total. The first-order valence-electron chi connectivity index (χ1n) is 9.58. The summed E-state index contributed by atoms with van der Waals surface area (Å²) in [5.74, 6) is -0.941. The molecule has 0 saturated carbocycles. The highest BCUT2D eigenvalue weighted by molar-refractivity contribution is 6.09. The number of pyridine rings is 3. The third-order valence-electron chi connectivity index (χ3n) is 5.31. The van der Waals surface area contributed by atoms with Gasteiger partial charge in [-0.15, -0.1) is 0 Å². The van der Waals surface area contributed by atoms with Crippen LogP contribution in [0.15, 0.2) is 47.4 Å². The molecule has 1 amide bonds. The molecule has 3 aromatic heterocycles. The van der Waals surface area contributed by atoms with Crippen molar-refractivity contribution in [3.05, 3.63) is 75.2 Å². The Bertz CT molecular complexity index is 1440. The van der Waals surface area contributed by atoms with Crippen molar-refractivity contribution in [3.63, 3.8) is 0 Å². The highest BCUT2D eigenvalue weighted by atomic mass is 16.3. The molecule has 0 aliphatic rings. The number of carbonyl (C=O) groups is 1. The number of hydrogen-bond acceptors (Lipinski definition) is 6. The Hall–Kier alpha value is -4.20. The number of nitrogen functional groups attached to an aromatic ring is 1. The summed E-state index contributed by atoms with van der Waals surface area (Å²) in [7, 11) is 0. The fraction of sp³-hybridized carbons (Fsp3) is 0.130. The lowest BCUT2D eigenvalue weighted by Crippen LogP contribution is -2.28. The summed E-state index contributed by atoms with van der Waals surface area (Å²) in [6.07, 6.45) is 1.66. The van der Waals surface area contributed by atoms with E-state index in [1.54, 1.807) is 38.2 Å². The van der Waals surface area contributed by atoms with Crippen molar-refractivity contribution in [1.29, 1.82) is 0 Å². The summed E-state index contributed by atoms with van der Waals surface area (Å²) in [6, 6.07) is 10.2. The molecule has 0 unspecified atom stereocenters. The van der Waals surface area contributed by atoms with Crippen LogP contribution in [0, 0.1) is 20.8 Å². The molecule has 4 rings (SSSR count). The van der Waals surface area contributed by atoms with Gasteiger partial charge in [-0.25, -0.2) is 4.98 Å².